The van der Waals surface area contributed by atoms with Crippen LogP contribution in [0, 0.1) is 0 Å². The molecule has 0 radical (unpaired) electrons. The third-order valence-electron chi connectivity index (χ3n) is 10.0. The van der Waals surface area contributed by atoms with Crippen molar-refractivity contribution in [1.29, 1.82) is 0 Å². The molecule has 4 aliphatic rings. The number of amides is 3. The van der Waals surface area contributed by atoms with Crippen LogP contribution in [0.5, 0.6) is 0 Å². The van der Waals surface area contributed by atoms with Crippen molar-refractivity contribution in [2.45, 2.75) is 150 Å². The molecule has 58 heavy (non-hydrogen) atoms. The molecular formula is C33H56N4O21. The first-order chi connectivity index (χ1) is 27.4. The van der Waals surface area contributed by atoms with E-state index in [2.05, 4.69) is 21.3 Å². The van der Waals surface area contributed by atoms with E-state index in [-0.39, 0.29) is 0 Å². The minimum absolute atomic E-state index is 0.578. The van der Waals surface area contributed by atoms with Crippen LogP contribution in [-0.4, -0.2) is 226 Å². The second-order valence-corrected chi connectivity index (χ2v) is 14.3. The Hall–Kier alpha value is -2.80. The molecule has 0 aromatic rings. The fraction of sp³-hybridized carbons (Fsp3) is 0.879. The van der Waals surface area contributed by atoms with Crippen molar-refractivity contribution in [3.63, 3.8) is 0 Å². The van der Waals surface area contributed by atoms with E-state index in [0.717, 1.165) is 27.7 Å². The molecule has 1 unspecified atom stereocenters. The Morgan fingerprint density at radius 3 is 1.28 bits per heavy atom. The lowest BCUT2D eigenvalue weighted by atomic mass is 9.93. The number of nitrogens with one attached hydrogen (secondary N) is 4. The van der Waals surface area contributed by atoms with Gasteiger partial charge in [0.25, 0.3) is 0 Å². The molecule has 0 aromatic heterocycles. The Kier molecular flexibility index (Phi) is 17.4. The van der Waals surface area contributed by atoms with Crippen LogP contribution < -0.4 is 21.3 Å². The molecule has 25 nitrogen and oxygen atoms in total. The molecule has 0 bridgehead atoms. The summed E-state index contributed by atoms with van der Waals surface area (Å²) in [5.74, 6) is -2.88. The lowest BCUT2D eigenvalue weighted by Gasteiger charge is -2.51. The number of esters is 1. The van der Waals surface area contributed by atoms with Gasteiger partial charge in [-0.05, 0) is 7.05 Å². The zero-order chi connectivity index (χ0) is 43.2. The molecule has 3 amide bonds. The third kappa shape index (κ3) is 11.1. The van der Waals surface area contributed by atoms with Crippen molar-refractivity contribution in [3.8, 4) is 0 Å². The van der Waals surface area contributed by atoms with Gasteiger partial charge < -0.3 is 105 Å². The molecule has 4 fully saturated rings. The SMILES string of the molecule is CN[C@H]1[C@H](O[C@H]2[C@H](O)[C@@H](NC(C)=O)[C@H](O[C@H]3[C@H](O)[C@@H](NC(C)=O)[C@H](O[C@H]4[C@H](O)[C@@H](NC(C)=O)C(O)O[C@@H]4COC(C)=O)O[C@@H]3CO)O[C@@H]2CO)O[C@H](CO)[C@@H](O)[C@@H]1O. The predicted octanol–water partition coefficient (Wildman–Crippen LogP) is -8.52. The second kappa shape index (κ2) is 21.1. The van der Waals surface area contributed by atoms with Crippen LogP contribution in [0.4, 0.5) is 0 Å². The van der Waals surface area contributed by atoms with Crippen LogP contribution in [0.3, 0.4) is 0 Å². The van der Waals surface area contributed by atoms with Crippen molar-refractivity contribution in [2.75, 3.05) is 33.5 Å². The van der Waals surface area contributed by atoms with Gasteiger partial charge in [-0.15, -0.1) is 0 Å². The fourth-order valence-corrected chi connectivity index (χ4v) is 7.28. The number of likely N-dealkylation sites (N-methyl/N-ethyl adjacent to an activating group) is 1. The standard InChI is InChI=1S/C33H56N4O21/c1-10(41)35-18-24(47)29(17(52-30(18)50)9-51-13(4)44)58-33-21(37-12(3)43)26(49)28(16(8-40)55-33)57-32-20(36-11(2)42)25(48)27(15(7-39)54-32)56-31-19(34-5)23(46)22(45)14(6-38)53-31/h14-34,38-40,45-50H,6-9H2,1-5H3,(H,35,41)(H,36,42)(H,37,43)/t14-,15-,16-,17-,18-,19-,20-,21-,22-,23-,24-,25-,26-,27-,28-,29-,30?,31+,32+,33+/m1/s1. The largest absolute Gasteiger partial charge is 0.463 e. The zero-order valence-corrected chi connectivity index (χ0v) is 32.3. The van der Waals surface area contributed by atoms with Crippen molar-refractivity contribution in [3.05, 3.63) is 0 Å². The van der Waals surface area contributed by atoms with Gasteiger partial charge in [-0.1, -0.05) is 0 Å². The van der Waals surface area contributed by atoms with E-state index in [4.69, 9.17) is 37.9 Å². The molecule has 20 atom stereocenters. The highest BCUT2D eigenvalue weighted by molar-refractivity contribution is 5.74. The van der Waals surface area contributed by atoms with E-state index in [1.807, 2.05) is 0 Å². The number of rotatable bonds is 15. The maximum absolute atomic E-state index is 12.4. The van der Waals surface area contributed by atoms with Crippen LogP contribution in [0.15, 0.2) is 0 Å². The zero-order valence-electron chi connectivity index (χ0n) is 32.3. The van der Waals surface area contributed by atoms with Crippen molar-refractivity contribution in [2.24, 2.45) is 0 Å². The highest BCUT2D eigenvalue weighted by atomic mass is 16.8. The van der Waals surface area contributed by atoms with Gasteiger partial charge in [0.1, 0.15) is 98.0 Å². The van der Waals surface area contributed by atoms with E-state index in [9.17, 15) is 65.1 Å². The maximum Gasteiger partial charge on any atom is 0.302 e. The molecule has 334 valence electrons. The van der Waals surface area contributed by atoms with Gasteiger partial charge in [0, 0.05) is 27.7 Å². The molecule has 4 heterocycles. The Labute approximate surface area is 331 Å². The molecule has 0 saturated carbocycles. The summed E-state index contributed by atoms with van der Waals surface area (Å²) < 4.78 is 46.1. The first-order valence-electron chi connectivity index (χ1n) is 18.5. The van der Waals surface area contributed by atoms with Gasteiger partial charge in [0.2, 0.25) is 17.7 Å². The minimum Gasteiger partial charge on any atom is -0.463 e. The first kappa shape index (κ1) is 47.9. The predicted molar refractivity (Wildman–Crippen MR) is 185 cm³/mol. The number of aliphatic hydroxyl groups excluding tert-OH is 9. The van der Waals surface area contributed by atoms with Crippen LogP contribution in [0.1, 0.15) is 27.7 Å². The average Bonchev–Trinajstić information content (AvgIpc) is 3.16. The number of ether oxygens (including phenoxy) is 8. The summed E-state index contributed by atoms with van der Waals surface area (Å²) in [6, 6.07) is -5.76. The quantitative estimate of drug-likeness (QED) is 0.0681. The van der Waals surface area contributed by atoms with Gasteiger partial charge in [-0.2, -0.15) is 0 Å². The summed E-state index contributed by atoms with van der Waals surface area (Å²) in [6.07, 6.45) is -25.9. The molecule has 4 rings (SSSR count). The van der Waals surface area contributed by atoms with Crippen molar-refractivity contribution >= 4 is 23.7 Å². The molecule has 4 saturated heterocycles. The lowest BCUT2D eigenvalue weighted by Crippen LogP contribution is -2.71. The summed E-state index contributed by atoms with van der Waals surface area (Å²) in [4.78, 5) is 48.3. The highest BCUT2D eigenvalue weighted by Gasteiger charge is 2.56. The third-order valence-corrected chi connectivity index (χ3v) is 10.0. The fourth-order valence-electron chi connectivity index (χ4n) is 7.28. The second-order valence-electron chi connectivity index (χ2n) is 14.3. The summed E-state index contributed by atoms with van der Waals surface area (Å²) in [6.45, 7) is 1.30. The van der Waals surface area contributed by atoms with Crippen LogP contribution in [0.2, 0.25) is 0 Å². The molecular weight excluding hydrogens is 788 g/mol. The van der Waals surface area contributed by atoms with Crippen LogP contribution in [-0.2, 0) is 57.1 Å². The minimum atomic E-state index is -1.89. The highest BCUT2D eigenvalue weighted by Crippen LogP contribution is 2.34. The van der Waals surface area contributed by atoms with Gasteiger partial charge in [-0.25, -0.2) is 0 Å². The van der Waals surface area contributed by atoms with Crippen LogP contribution >= 0.6 is 0 Å². The number of hydrogen-bond donors (Lipinski definition) is 13. The first-order valence-corrected chi connectivity index (χ1v) is 18.5. The number of carbonyl (C=O) groups is 4. The van der Waals surface area contributed by atoms with Crippen molar-refractivity contribution in [1.82, 2.24) is 21.3 Å². The van der Waals surface area contributed by atoms with E-state index >= 15 is 0 Å². The average molecular weight is 845 g/mol. The van der Waals surface area contributed by atoms with Gasteiger partial charge in [0.05, 0.1) is 25.9 Å². The normalized spacial score (nSPS) is 43.2. The molecule has 4 aliphatic heterocycles. The molecule has 0 aromatic carbocycles. The van der Waals surface area contributed by atoms with Crippen molar-refractivity contribution < 1.29 is 103 Å². The molecule has 13 N–H and O–H groups in total. The van der Waals surface area contributed by atoms with Crippen LogP contribution in [0.25, 0.3) is 0 Å². The maximum atomic E-state index is 12.4. The topological polar surface area (TPSA) is 372 Å². The summed E-state index contributed by atoms with van der Waals surface area (Å²) >= 11 is 0. The monoisotopic (exact) mass is 844 g/mol. The number of hydrogen-bond acceptors (Lipinski definition) is 22. The van der Waals surface area contributed by atoms with Gasteiger partial charge in [-0.3, -0.25) is 19.2 Å². The van der Waals surface area contributed by atoms with E-state index in [1.165, 1.54) is 7.05 Å². The summed E-state index contributed by atoms with van der Waals surface area (Å²) in [5, 5.41) is 107. The van der Waals surface area contributed by atoms with E-state index in [0.29, 0.717) is 0 Å². The Morgan fingerprint density at radius 1 is 0.500 bits per heavy atom. The summed E-state index contributed by atoms with van der Waals surface area (Å²) in [7, 11) is 1.42. The lowest BCUT2D eigenvalue weighted by molar-refractivity contribution is -0.362. The molecule has 25 heteroatoms. The molecule has 0 aliphatic carbocycles. The Morgan fingerprint density at radius 2 is 0.879 bits per heavy atom. The van der Waals surface area contributed by atoms with E-state index < -0.39 is 173 Å². The summed E-state index contributed by atoms with van der Waals surface area (Å²) in [5.41, 5.74) is 0. The Balaban J connectivity index is 1.61. The smallest absolute Gasteiger partial charge is 0.302 e. The van der Waals surface area contributed by atoms with Gasteiger partial charge >= 0.3 is 5.97 Å². The Bertz CT molecular complexity index is 1380. The molecule has 0 spiro atoms. The number of carbonyl (C=O) groups excluding carboxylic acids is 4. The number of aliphatic hydroxyl groups is 9. The van der Waals surface area contributed by atoms with E-state index in [1.54, 1.807) is 0 Å². The van der Waals surface area contributed by atoms with Gasteiger partial charge in [0.15, 0.2) is 25.2 Å².